The lowest BCUT2D eigenvalue weighted by Gasteiger charge is -2.32. The van der Waals surface area contributed by atoms with Crippen molar-refractivity contribution in [2.24, 2.45) is 5.73 Å². The van der Waals surface area contributed by atoms with Crippen molar-refractivity contribution in [3.8, 4) is 22.8 Å². The maximum absolute atomic E-state index is 14.5. The Labute approximate surface area is 228 Å². The number of nitrogens with zero attached hydrogens (tertiary/aromatic N) is 1. The van der Waals surface area contributed by atoms with Crippen LogP contribution in [0.15, 0.2) is 48.5 Å². The van der Waals surface area contributed by atoms with Gasteiger partial charge in [-0.15, -0.1) is 0 Å². The van der Waals surface area contributed by atoms with Crippen LogP contribution in [0.25, 0.3) is 11.3 Å². The highest BCUT2D eigenvalue weighted by molar-refractivity contribution is 5.96. The lowest BCUT2D eigenvalue weighted by molar-refractivity contribution is -0.270. The van der Waals surface area contributed by atoms with E-state index < -0.39 is 47.5 Å². The summed E-state index contributed by atoms with van der Waals surface area (Å²) in [4.78, 5) is 17.2. The second-order valence-electron chi connectivity index (χ2n) is 10.0. The van der Waals surface area contributed by atoms with Gasteiger partial charge in [0.15, 0.2) is 17.3 Å². The molecule has 214 valence electrons. The minimum atomic E-state index is -5.18. The number of fused-ring (bicyclic) bond motifs is 1. The van der Waals surface area contributed by atoms with E-state index in [0.717, 1.165) is 0 Å². The van der Waals surface area contributed by atoms with E-state index in [-0.39, 0.29) is 36.0 Å². The number of carbonyl (C=O) groups is 1. The molecule has 0 radical (unpaired) electrons. The van der Waals surface area contributed by atoms with Crippen LogP contribution in [0.5, 0.6) is 11.5 Å². The summed E-state index contributed by atoms with van der Waals surface area (Å²) in [6.07, 6.45) is -5.95. The largest absolute Gasteiger partial charge is 0.493 e. The van der Waals surface area contributed by atoms with Crippen molar-refractivity contribution in [3.63, 3.8) is 0 Å². The third kappa shape index (κ3) is 5.67. The van der Waals surface area contributed by atoms with E-state index in [1.165, 1.54) is 55.6 Å². The van der Waals surface area contributed by atoms with Crippen LogP contribution in [0.2, 0.25) is 0 Å². The lowest BCUT2D eigenvalue weighted by atomic mass is 9.86. The van der Waals surface area contributed by atoms with E-state index in [1.807, 2.05) is 0 Å². The van der Waals surface area contributed by atoms with Gasteiger partial charge in [0, 0.05) is 23.1 Å². The molecule has 0 spiro atoms. The molecule has 3 aromatic rings. The van der Waals surface area contributed by atoms with Crippen molar-refractivity contribution in [1.82, 2.24) is 4.98 Å². The Kier molecular flexibility index (Phi) is 8.21. The van der Waals surface area contributed by atoms with E-state index in [4.69, 9.17) is 20.3 Å². The predicted octanol–water partition coefficient (Wildman–Crippen LogP) is 4.80. The first kappa shape index (κ1) is 29.4. The van der Waals surface area contributed by atoms with Gasteiger partial charge in [0.2, 0.25) is 5.60 Å². The smallest absolute Gasteiger partial charge is 0.422 e. The fraction of sp³-hybridized carbons (Fsp3) is 0.379. The Balaban J connectivity index is 1.71. The Hall–Kier alpha value is -3.54. The van der Waals surface area contributed by atoms with Crippen molar-refractivity contribution >= 4 is 5.78 Å². The Morgan fingerprint density at radius 2 is 1.82 bits per heavy atom. The van der Waals surface area contributed by atoms with Gasteiger partial charge >= 0.3 is 6.18 Å². The number of nitrogens with two attached hydrogens (primary N) is 1. The molecule has 2 atom stereocenters. The highest BCUT2D eigenvalue weighted by Crippen LogP contribution is 2.46. The molecule has 2 unspecified atom stereocenters. The zero-order valence-corrected chi connectivity index (χ0v) is 22.0. The third-order valence-corrected chi connectivity index (χ3v) is 7.19. The monoisotopic (exact) mass is 562 g/mol. The molecule has 7 nitrogen and oxygen atoms in total. The molecule has 0 saturated carbocycles. The molecule has 11 heteroatoms. The summed E-state index contributed by atoms with van der Waals surface area (Å²) >= 11 is 0. The summed E-state index contributed by atoms with van der Waals surface area (Å²) in [5.74, 6) is -0.773. The summed E-state index contributed by atoms with van der Waals surface area (Å²) < 4.78 is 67.7. The Bertz CT molecular complexity index is 1390. The third-order valence-electron chi connectivity index (χ3n) is 7.19. The van der Waals surface area contributed by atoms with E-state index in [9.17, 15) is 27.5 Å². The van der Waals surface area contributed by atoms with Crippen LogP contribution in [0, 0.1) is 5.82 Å². The average Bonchev–Trinajstić information content (AvgIpc) is 3.23. The Morgan fingerprint density at radius 1 is 1.12 bits per heavy atom. The maximum atomic E-state index is 14.5. The number of benzene rings is 2. The van der Waals surface area contributed by atoms with E-state index >= 15 is 0 Å². The highest BCUT2D eigenvalue weighted by Gasteiger charge is 2.56. The van der Waals surface area contributed by atoms with Gasteiger partial charge in [0.25, 0.3) is 0 Å². The summed E-state index contributed by atoms with van der Waals surface area (Å²) in [5, 5.41) is 20.1. The van der Waals surface area contributed by atoms with Gasteiger partial charge in [-0.3, -0.25) is 4.79 Å². The number of carbonyl (C=O) groups excluding carboxylic acids is 1. The number of methoxy groups -OCH3 is 1. The minimum Gasteiger partial charge on any atom is -0.493 e. The second kappa shape index (κ2) is 11.1. The molecule has 1 aliphatic carbocycles. The normalized spacial score (nSPS) is 18.2. The summed E-state index contributed by atoms with van der Waals surface area (Å²) in [7, 11) is 1.33. The second-order valence-corrected chi connectivity index (χ2v) is 10.0. The van der Waals surface area contributed by atoms with Gasteiger partial charge in [-0.25, -0.2) is 9.37 Å². The molecule has 2 aromatic carbocycles. The van der Waals surface area contributed by atoms with Gasteiger partial charge < -0.3 is 25.4 Å². The molecular formula is C29H30F4N2O5. The molecular weight excluding hydrogens is 532 g/mol. The van der Waals surface area contributed by atoms with Gasteiger partial charge in [-0.1, -0.05) is 0 Å². The van der Waals surface area contributed by atoms with Crippen LogP contribution in [0.3, 0.4) is 0 Å². The number of hydrogen-bond donors (Lipinski definition) is 3. The first-order valence-corrected chi connectivity index (χ1v) is 12.6. The van der Waals surface area contributed by atoms with Crippen molar-refractivity contribution in [2.45, 2.75) is 49.9 Å². The number of aliphatic hydroxyl groups is 2. The number of halogens is 4. The topological polar surface area (TPSA) is 115 Å². The van der Waals surface area contributed by atoms with Crippen LogP contribution in [-0.2, 0) is 17.6 Å². The molecule has 0 amide bonds. The lowest BCUT2D eigenvalue weighted by Crippen LogP contribution is -2.44. The average molecular weight is 563 g/mol. The zero-order chi connectivity index (χ0) is 29.3. The number of alkyl halides is 3. The number of rotatable bonds is 10. The number of hydrogen-bond acceptors (Lipinski definition) is 7. The SMILES string of the molecule is COc1cc(C(=O)CCC(O)(c2cc3c(c(-c4ccc(F)cc4)n2)CCC3(C)N)C(F)(F)F)ccc1OCCO. The van der Waals surface area contributed by atoms with Crippen molar-refractivity contribution in [1.29, 1.82) is 0 Å². The molecule has 0 aliphatic heterocycles. The van der Waals surface area contributed by atoms with E-state index in [0.29, 0.717) is 29.5 Å². The highest BCUT2D eigenvalue weighted by atomic mass is 19.4. The summed E-state index contributed by atoms with van der Waals surface area (Å²) in [5.41, 5.74) is 2.94. The number of ether oxygens (including phenoxy) is 2. The molecule has 0 bridgehead atoms. The van der Waals surface area contributed by atoms with Gasteiger partial charge in [-0.2, -0.15) is 13.2 Å². The number of Topliss-reactive ketones (excluding diaryl/α,β-unsaturated/α-hetero) is 1. The fourth-order valence-electron chi connectivity index (χ4n) is 4.88. The van der Waals surface area contributed by atoms with Crippen molar-refractivity contribution in [3.05, 3.63) is 76.7 Å². The first-order valence-electron chi connectivity index (χ1n) is 12.6. The molecule has 1 heterocycles. The molecule has 0 saturated heterocycles. The predicted molar refractivity (Wildman–Crippen MR) is 139 cm³/mol. The van der Waals surface area contributed by atoms with E-state index in [2.05, 4.69) is 4.98 Å². The van der Waals surface area contributed by atoms with Crippen molar-refractivity contribution in [2.75, 3.05) is 20.3 Å². The Morgan fingerprint density at radius 3 is 2.45 bits per heavy atom. The first-order chi connectivity index (χ1) is 18.8. The summed E-state index contributed by atoms with van der Waals surface area (Å²) in [6, 6.07) is 10.4. The molecule has 40 heavy (non-hydrogen) atoms. The van der Waals surface area contributed by atoms with E-state index in [1.54, 1.807) is 6.92 Å². The molecule has 4 rings (SSSR count). The van der Waals surface area contributed by atoms with Crippen molar-refractivity contribution < 1.29 is 42.0 Å². The molecule has 4 N–H and O–H groups in total. The maximum Gasteiger partial charge on any atom is 0.422 e. The number of ketones is 1. The molecule has 1 aromatic heterocycles. The van der Waals surface area contributed by atoms with Crippen LogP contribution in [0.1, 0.15) is 53.4 Å². The van der Waals surface area contributed by atoms with Crippen LogP contribution < -0.4 is 15.2 Å². The standard InChI is InChI=1S/C29H30F4N2O5/c1-27(34)11-9-20-21(27)16-25(35-26(20)17-3-6-19(30)7-4-17)28(38,29(31,32)33)12-10-22(37)18-5-8-23(40-14-13-36)24(15-18)39-2/h3-8,15-16,36,38H,9-14,34H2,1-2H3. The van der Waals surface area contributed by atoms with Gasteiger partial charge in [0.1, 0.15) is 12.4 Å². The van der Waals surface area contributed by atoms with Gasteiger partial charge in [0.05, 0.1) is 25.1 Å². The molecule has 1 aliphatic rings. The number of pyridine rings is 1. The quantitative estimate of drug-likeness (QED) is 0.240. The number of aliphatic hydroxyl groups excluding tert-OH is 1. The van der Waals surface area contributed by atoms with Crippen LogP contribution in [-0.4, -0.2) is 47.5 Å². The van der Waals surface area contributed by atoms with Crippen LogP contribution in [0.4, 0.5) is 17.6 Å². The van der Waals surface area contributed by atoms with Gasteiger partial charge in [-0.05, 0) is 85.8 Å². The minimum absolute atomic E-state index is 0.0161. The summed E-state index contributed by atoms with van der Waals surface area (Å²) in [6.45, 7) is 1.43. The zero-order valence-electron chi connectivity index (χ0n) is 22.0. The fourth-order valence-corrected chi connectivity index (χ4v) is 4.88. The molecule has 0 fully saturated rings. The van der Waals surface area contributed by atoms with Crippen LogP contribution >= 0.6 is 0 Å². The number of aromatic nitrogens is 1.